The summed E-state index contributed by atoms with van der Waals surface area (Å²) in [5.74, 6) is -2.13. The fourth-order valence-electron chi connectivity index (χ4n) is 3.01. The van der Waals surface area contributed by atoms with Crippen molar-refractivity contribution in [2.75, 3.05) is 26.3 Å². The first-order valence-electron chi connectivity index (χ1n) is 6.84. The first kappa shape index (κ1) is 13.1. The lowest BCUT2D eigenvalue weighted by molar-refractivity contribution is -0.143. The maximum absolute atomic E-state index is 12.5. The highest BCUT2D eigenvalue weighted by atomic mass is 16.5. The highest BCUT2D eigenvalue weighted by molar-refractivity contribution is 5.92. The van der Waals surface area contributed by atoms with Crippen molar-refractivity contribution in [1.82, 2.24) is 4.90 Å². The van der Waals surface area contributed by atoms with Crippen molar-refractivity contribution in [2.24, 2.45) is 11.8 Å². The molecule has 0 aromatic heterocycles. The summed E-state index contributed by atoms with van der Waals surface area (Å²) in [6.45, 7) is 2.19. The van der Waals surface area contributed by atoms with Crippen LogP contribution in [0.2, 0.25) is 0 Å². The molecular formula is C15H17NO4. The monoisotopic (exact) mass is 275 g/mol. The van der Waals surface area contributed by atoms with Gasteiger partial charge in [0.05, 0.1) is 25.0 Å². The lowest BCUT2D eigenvalue weighted by atomic mass is 10.1. The van der Waals surface area contributed by atoms with Gasteiger partial charge in [-0.25, -0.2) is 0 Å². The molecule has 2 aliphatic rings. The zero-order valence-electron chi connectivity index (χ0n) is 11.1. The molecule has 0 spiro atoms. The van der Waals surface area contributed by atoms with Gasteiger partial charge in [0.15, 0.2) is 0 Å². The molecule has 1 saturated heterocycles. The van der Waals surface area contributed by atoms with Crippen LogP contribution in [0, 0.1) is 11.8 Å². The van der Waals surface area contributed by atoms with Crippen LogP contribution in [-0.2, 0) is 14.3 Å². The van der Waals surface area contributed by atoms with E-state index in [0.29, 0.717) is 26.3 Å². The van der Waals surface area contributed by atoms with Crippen LogP contribution in [-0.4, -0.2) is 48.2 Å². The fourth-order valence-corrected chi connectivity index (χ4v) is 3.01. The number of carboxylic acids is 1. The number of amides is 1. The number of hydrogen-bond donors (Lipinski definition) is 1. The summed E-state index contributed by atoms with van der Waals surface area (Å²) in [5.41, 5.74) is 0.937. The van der Waals surface area contributed by atoms with Gasteiger partial charge in [-0.3, -0.25) is 9.59 Å². The number of carbonyl (C=O) groups excluding carboxylic acids is 1. The Bertz CT molecular complexity index is 510. The third-order valence-corrected chi connectivity index (χ3v) is 4.10. The molecule has 1 aromatic carbocycles. The molecular weight excluding hydrogens is 258 g/mol. The molecule has 1 amide bonds. The van der Waals surface area contributed by atoms with Gasteiger partial charge in [-0.2, -0.15) is 0 Å². The molecule has 2 fully saturated rings. The maximum atomic E-state index is 12.5. The number of aliphatic carboxylic acids is 1. The Labute approximate surface area is 117 Å². The highest BCUT2D eigenvalue weighted by Gasteiger charge is 2.60. The molecule has 5 heteroatoms. The van der Waals surface area contributed by atoms with Gasteiger partial charge in [0.1, 0.15) is 0 Å². The summed E-state index contributed by atoms with van der Waals surface area (Å²) in [7, 11) is 0. The van der Waals surface area contributed by atoms with E-state index in [1.807, 2.05) is 30.3 Å². The topological polar surface area (TPSA) is 66.8 Å². The Morgan fingerprint density at radius 3 is 2.35 bits per heavy atom. The van der Waals surface area contributed by atoms with Crippen molar-refractivity contribution in [2.45, 2.75) is 5.92 Å². The number of hydrogen-bond acceptors (Lipinski definition) is 3. The van der Waals surface area contributed by atoms with E-state index < -0.39 is 17.8 Å². The lowest BCUT2D eigenvalue weighted by Gasteiger charge is -2.27. The van der Waals surface area contributed by atoms with Crippen LogP contribution in [0.15, 0.2) is 30.3 Å². The second-order valence-corrected chi connectivity index (χ2v) is 5.26. The first-order valence-corrected chi connectivity index (χ1v) is 6.84. The van der Waals surface area contributed by atoms with Crippen LogP contribution in [0.3, 0.4) is 0 Å². The van der Waals surface area contributed by atoms with E-state index in [4.69, 9.17) is 4.74 Å². The van der Waals surface area contributed by atoms with Crippen LogP contribution in [0.25, 0.3) is 0 Å². The van der Waals surface area contributed by atoms with Gasteiger partial charge in [0, 0.05) is 19.0 Å². The Morgan fingerprint density at radius 1 is 1.10 bits per heavy atom. The van der Waals surface area contributed by atoms with Crippen molar-refractivity contribution < 1.29 is 19.4 Å². The second-order valence-electron chi connectivity index (χ2n) is 5.26. The van der Waals surface area contributed by atoms with E-state index in [1.165, 1.54) is 0 Å². The number of ether oxygens (including phenoxy) is 1. The van der Waals surface area contributed by atoms with Gasteiger partial charge < -0.3 is 14.7 Å². The van der Waals surface area contributed by atoms with Gasteiger partial charge in [0.25, 0.3) is 0 Å². The molecule has 1 saturated carbocycles. The van der Waals surface area contributed by atoms with E-state index >= 15 is 0 Å². The summed E-state index contributed by atoms with van der Waals surface area (Å²) in [6.07, 6.45) is 0. The highest BCUT2D eigenvalue weighted by Crippen LogP contribution is 2.55. The van der Waals surface area contributed by atoms with E-state index in [-0.39, 0.29) is 11.8 Å². The van der Waals surface area contributed by atoms with Crippen LogP contribution in [0.5, 0.6) is 0 Å². The van der Waals surface area contributed by atoms with Crippen molar-refractivity contribution in [3.05, 3.63) is 35.9 Å². The minimum atomic E-state index is -0.884. The molecule has 1 heterocycles. The molecule has 0 bridgehead atoms. The summed E-state index contributed by atoms with van der Waals surface area (Å²) >= 11 is 0. The normalized spacial score (nSPS) is 29.0. The Kier molecular flexibility index (Phi) is 3.44. The van der Waals surface area contributed by atoms with Crippen LogP contribution in [0.4, 0.5) is 0 Å². The minimum Gasteiger partial charge on any atom is -0.481 e. The third-order valence-electron chi connectivity index (χ3n) is 4.10. The van der Waals surface area contributed by atoms with Gasteiger partial charge in [-0.15, -0.1) is 0 Å². The van der Waals surface area contributed by atoms with Crippen LogP contribution >= 0.6 is 0 Å². The summed E-state index contributed by atoms with van der Waals surface area (Å²) < 4.78 is 5.23. The molecule has 1 aromatic rings. The standard InChI is InChI=1S/C15H17NO4/c17-14(16-6-8-20-9-7-16)12-11(13(12)15(18)19)10-4-2-1-3-5-10/h1-5,11-13H,6-9H2,(H,18,19). The van der Waals surface area contributed by atoms with Gasteiger partial charge in [-0.1, -0.05) is 30.3 Å². The SMILES string of the molecule is O=C(O)C1C(C(=O)N2CCOCC2)C1c1ccccc1. The van der Waals surface area contributed by atoms with Gasteiger partial charge in [0.2, 0.25) is 5.91 Å². The van der Waals surface area contributed by atoms with Gasteiger partial charge >= 0.3 is 5.97 Å². The van der Waals surface area contributed by atoms with E-state index in [2.05, 4.69) is 0 Å². The molecule has 3 atom stereocenters. The summed E-state index contributed by atoms with van der Waals surface area (Å²) in [6, 6.07) is 9.44. The van der Waals surface area contributed by atoms with Crippen molar-refractivity contribution in [1.29, 1.82) is 0 Å². The second kappa shape index (κ2) is 5.25. The average molecular weight is 275 g/mol. The quantitative estimate of drug-likeness (QED) is 0.892. The van der Waals surface area contributed by atoms with Gasteiger partial charge in [-0.05, 0) is 5.56 Å². The average Bonchev–Trinajstić information content (AvgIpc) is 3.24. The predicted octanol–water partition coefficient (Wildman–Crippen LogP) is 0.960. The molecule has 0 radical (unpaired) electrons. The molecule has 3 unspecified atom stereocenters. The predicted molar refractivity (Wildman–Crippen MR) is 71.2 cm³/mol. The smallest absolute Gasteiger partial charge is 0.307 e. The first-order chi connectivity index (χ1) is 9.70. The third kappa shape index (κ3) is 2.29. The molecule has 1 N–H and O–H groups in total. The molecule has 20 heavy (non-hydrogen) atoms. The van der Waals surface area contributed by atoms with E-state index in [1.54, 1.807) is 4.90 Å². The number of carboxylic acid groups (broad SMARTS) is 1. The number of morpholine rings is 1. The zero-order valence-corrected chi connectivity index (χ0v) is 11.1. The number of rotatable bonds is 3. The minimum absolute atomic E-state index is 0.0467. The van der Waals surface area contributed by atoms with Crippen molar-refractivity contribution >= 4 is 11.9 Å². The van der Waals surface area contributed by atoms with Crippen molar-refractivity contribution in [3.8, 4) is 0 Å². The lowest BCUT2D eigenvalue weighted by Crippen LogP contribution is -2.42. The molecule has 5 nitrogen and oxygen atoms in total. The number of carbonyl (C=O) groups is 2. The Balaban J connectivity index is 1.78. The van der Waals surface area contributed by atoms with Crippen LogP contribution in [0.1, 0.15) is 11.5 Å². The molecule has 1 aliphatic heterocycles. The fraction of sp³-hybridized carbons (Fsp3) is 0.467. The van der Waals surface area contributed by atoms with E-state index in [9.17, 15) is 14.7 Å². The Hall–Kier alpha value is -1.88. The maximum Gasteiger partial charge on any atom is 0.307 e. The van der Waals surface area contributed by atoms with Crippen molar-refractivity contribution in [3.63, 3.8) is 0 Å². The van der Waals surface area contributed by atoms with E-state index in [0.717, 1.165) is 5.56 Å². The number of benzene rings is 1. The molecule has 106 valence electrons. The Morgan fingerprint density at radius 2 is 1.75 bits per heavy atom. The molecule has 1 aliphatic carbocycles. The van der Waals surface area contributed by atoms with Crippen LogP contribution < -0.4 is 0 Å². The summed E-state index contributed by atoms with van der Waals surface area (Å²) in [4.78, 5) is 25.5. The zero-order chi connectivity index (χ0) is 14.1. The largest absolute Gasteiger partial charge is 0.481 e. The number of nitrogens with zero attached hydrogens (tertiary/aromatic N) is 1. The summed E-state index contributed by atoms with van der Waals surface area (Å²) in [5, 5.41) is 9.31. The molecule has 3 rings (SSSR count).